The van der Waals surface area contributed by atoms with Crippen molar-refractivity contribution in [2.45, 2.75) is 6.04 Å². The van der Waals surface area contributed by atoms with E-state index >= 15 is 0 Å². The zero-order valence-electron chi connectivity index (χ0n) is 13.5. The van der Waals surface area contributed by atoms with E-state index in [-0.39, 0.29) is 0 Å². The minimum absolute atomic E-state index is 0.443. The first kappa shape index (κ1) is 15.8. The highest BCUT2D eigenvalue weighted by Gasteiger charge is 2.30. The predicted octanol–water partition coefficient (Wildman–Crippen LogP) is 1.17. The maximum atomic E-state index is 11.3. The average Bonchev–Trinajstić information content (AvgIpc) is 2.55. The van der Waals surface area contributed by atoms with Gasteiger partial charge in [0.05, 0.1) is 7.11 Å². The summed E-state index contributed by atoms with van der Waals surface area (Å²) >= 11 is 0. The Kier molecular flexibility index (Phi) is 4.54. The Balaban J connectivity index is 1.71. The Bertz CT molecular complexity index is 629. The van der Waals surface area contributed by atoms with E-state index in [4.69, 9.17) is 9.47 Å². The smallest absolute Gasteiger partial charge is 0.322 e. The van der Waals surface area contributed by atoms with Crippen molar-refractivity contribution in [1.82, 2.24) is 9.80 Å². The normalized spacial score (nSPS) is 22.0. The molecular formula is C17H22N2O4. The van der Waals surface area contributed by atoms with Crippen molar-refractivity contribution in [3.8, 4) is 11.5 Å². The molecule has 3 rings (SSSR count). The van der Waals surface area contributed by atoms with E-state index in [2.05, 4.69) is 11.0 Å². The number of nitrogens with zero attached hydrogens (tertiary/aromatic N) is 2. The summed E-state index contributed by atoms with van der Waals surface area (Å²) in [6.45, 7) is 3.40. The van der Waals surface area contributed by atoms with Gasteiger partial charge in [0.15, 0.2) is 11.5 Å². The van der Waals surface area contributed by atoms with Crippen LogP contribution in [0.25, 0.3) is 6.08 Å². The van der Waals surface area contributed by atoms with E-state index in [1.807, 2.05) is 30.1 Å². The van der Waals surface area contributed by atoms with Gasteiger partial charge in [-0.1, -0.05) is 12.1 Å². The van der Waals surface area contributed by atoms with E-state index in [1.54, 1.807) is 7.11 Å². The number of aliphatic carboxylic acids is 1. The third kappa shape index (κ3) is 3.33. The molecule has 0 aromatic heterocycles. The number of benzene rings is 1. The van der Waals surface area contributed by atoms with E-state index in [0.29, 0.717) is 13.2 Å². The molecule has 0 spiro atoms. The first-order valence-corrected chi connectivity index (χ1v) is 7.73. The van der Waals surface area contributed by atoms with Crippen LogP contribution < -0.4 is 9.47 Å². The van der Waals surface area contributed by atoms with Gasteiger partial charge in [-0.3, -0.25) is 14.6 Å². The fraction of sp³-hybridized carbons (Fsp3) is 0.471. The van der Waals surface area contributed by atoms with Crippen LogP contribution in [0.2, 0.25) is 0 Å². The number of carboxylic acids is 1. The van der Waals surface area contributed by atoms with Crippen LogP contribution in [0.15, 0.2) is 23.8 Å². The maximum absolute atomic E-state index is 11.3. The Morgan fingerprint density at radius 1 is 1.43 bits per heavy atom. The third-order valence-electron chi connectivity index (χ3n) is 4.43. The second-order valence-corrected chi connectivity index (χ2v) is 6.04. The number of piperazine rings is 1. The van der Waals surface area contributed by atoms with Crippen LogP contribution >= 0.6 is 0 Å². The Morgan fingerprint density at radius 3 is 3.00 bits per heavy atom. The minimum atomic E-state index is -0.763. The molecule has 0 amide bonds. The average molecular weight is 318 g/mol. The molecule has 1 saturated heterocycles. The van der Waals surface area contributed by atoms with Gasteiger partial charge < -0.3 is 14.6 Å². The molecule has 1 atom stereocenters. The molecule has 1 aromatic carbocycles. The fourth-order valence-electron chi connectivity index (χ4n) is 3.11. The molecule has 2 heterocycles. The van der Waals surface area contributed by atoms with Gasteiger partial charge in [0.1, 0.15) is 12.6 Å². The lowest BCUT2D eigenvalue weighted by atomic mass is 10.1. The number of rotatable bonds is 4. The summed E-state index contributed by atoms with van der Waals surface area (Å²) < 4.78 is 11.2. The van der Waals surface area contributed by atoms with Crippen molar-refractivity contribution < 1.29 is 19.4 Å². The molecular weight excluding hydrogens is 296 g/mol. The lowest BCUT2D eigenvalue weighted by Gasteiger charge is -2.37. The van der Waals surface area contributed by atoms with E-state index in [1.165, 1.54) is 0 Å². The van der Waals surface area contributed by atoms with Gasteiger partial charge >= 0.3 is 5.97 Å². The predicted molar refractivity (Wildman–Crippen MR) is 87.0 cm³/mol. The van der Waals surface area contributed by atoms with Crippen LogP contribution in [0, 0.1) is 0 Å². The Labute approximate surface area is 135 Å². The number of fused-ring (bicyclic) bond motifs is 1. The molecule has 124 valence electrons. The largest absolute Gasteiger partial charge is 0.493 e. The highest BCUT2D eigenvalue weighted by Crippen LogP contribution is 2.35. The van der Waals surface area contributed by atoms with Crippen molar-refractivity contribution in [2.75, 3.05) is 46.9 Å². The molecule has 1 unspecified atom stereocenters. The zero-order chi connectivity index (χ0) is 16.4. The van der Waals surface area contributed by atoms with Crippen molar-refractivity contribution in [1.29, 1.82) is 0 Å². The summed E-state index contributed by atoms with van der Waals surface area (Å²) in [6.07, 6.45) is 2.12. The second-order valence-electron chi connectivity index (χ2n) is 6.04. The van der Waals surface area contributed by atoms with Gasteiger partial charge in [-0.2, -0.15) is 0 Å². The number of hydrogen-bond acceptors (Lipinski definition) is 5. The summed E-state index contributed by atoms with van der Waals surface area (Å²) in [5, 5.41) is 9.30. The molecule has 0 radical (unpaired) electrons. The summed E-state index contributed by atoms with van der Waals surface area (Å²) in [4.78, 5) is 15.4. The Hall–Kier alpha value is -2.05. The number of para-hydroxylation sites is 1. The number of likely N-dealkylation sites (N-methyl/N-ethyl adjacent to an activating group) is 1. The highest BCUT2D eigenvalue weighted by atomic mass is 16.5. The lowest BCUT2D eigenvalue weighted by molar-refractivity contribution is -0.145. The molecule has 0 aliphatic carbocycles. The van der Waals surface area contributed by atoms with Gasteiger partial charge in [0, 0.05) is 31.7 Å². The third-order valence-corrected chi connectivity index (χ3v) is 4.43. The van der Waals surface area contributed by atoms with Gasteiger partial charge in [-0.15, -0.1) is 0 Å². The van der Waals surface area contributed by atoms with E-state index < -0.39 is 12.0 Å². The van der Waals surface area contributed by atoms with Crippen molar-refractivity contribution >= 4 is 12.0 Å². The van der Waals surface area contributed by atoms with Crippen LogP contribution in [0.1, 0.15) is 5.56 Å². The molecule has 2 aliphatic heterocycles. The molecule has 6 nitrogen and oxygen atoms in total. The maximum Gasteiger partial charge on any atom is 0.322 e. The first-order valence-electron chi connectivity index (χ1n) is 7.73. The van der Waals surface area contributed by atoms with Gasteiger partial charge in [0.25, 0.3) is 0 Å². The quantitative estimate of drug-likeness (QED) is 0.899. The first-order chi connectivity index (χ1) is 11.1. The van der Waals surface area contributed by atoms with Crippen LogP contribution in [-0.2, 0) is 4.79 Å². The molecule has 1 aromatic rings. The van der Waals surface area contributed by atoms with Crippen LogP contribution in [-0.4, -0.2) is 73.9 Å². The minimum Gasteiger partial charge on any atom is -0.493 e. The van der Waals surface area contributed by atoms with Gasteiger partial charge in [-0.05, 0) is 24.8 Å². The molecule has 0 saturated carbocycles. The monoisotopic (exact) mass is 318 g/mol. The SMILES string of the molecule is COc1cccc2c1OCC(CN1CCN(C)C(C(=O)O)C1)=C2. The number of methoxy groups -OCH3 is 1. The van der Waals surface area contributed by atoms with Crippen molar-refractivity contribution in [2.24, 2.45) is 0 Å². The number of hydrogen-bond donors (Lipinski definition) is 1. The molecule has 6 heteroatoms. The zero-order valence-corrected chi connectivity index (χ0v) is 13.5. The summed E-state index contributed by atoms with van der Waals surface area (Å²) in [5.74, 6) is 0.755. The molecule has 2 aliphatic rings. The number of carbonyl (C=O) groups is 1. The van der Waals surface area contributed by atoms with Crippen molar-refractivity contribution in [3.05, 3.63) is 29.3 Å². The van der Waals surface area contributed by atoms with Crippen LogP contribution in [0.4, 0.5) is 0 Å². The van der Waals surface area contributed by atoms with E-state index in [9.17, 15) is 9.90 Å². The summed E-state index contributed by atoms with van der Waals surface area (Å²) in [7, 11) is 3.50. The second kappa shape index (κ2) is 6.60. The summed E-state index contributed by atoms with van der Waals surface area (Å²) in [6, 6.07) is 5.38. The standard InChI is InChI=1S/C17H22N2O4/c1-18-6-7-19(10-14(18)17(20)21)9-12-8-13-4-3-5-15(22-2)16(13)23-11-12/h3-5,8,14H,6-7,9-11H2,1-2H3,(H,20,21). The highest BCUT2D eigenvalue weighted by molar-refractivity contribution is 5.74. The Morgan fingerprint density at radius 2 is 2.26 bits per heavy atom. The molecule has 1 N–H and O–H groups in total. The van der Waals surface area contributed by atoms with Gasteiger partial charge in [-0.25, -0.2) is 0 Å². The number of carboxylic acid groups (broad SMARTS) is 1. The topological polar surface area (TPSA) is 62.2 Å². The molecule has 1 fully saturated rings. The van der Waals surface area contributed by atoms with Crippen LogP contribution in [0.3, 0.4) is 0 Å². The van der Waals surface area contributed by atoms with Crippen LogP contribution in [0.5, 0.6) is 11.5 Å². The molecule has 0 bridgehead atoms. The summed E-state index contributed by atoms with van der Waals surface area (Å²) in [5.41, 5.74) is 2.16. The van der Waals surface area contributed by atoms with E-state index in [0.717, 1.165) is 42.3 Å². The fourth-order valence-corrected chi connectivity index (χ4v) is 3.11. The van der Waals surface area contributed by atoms with Crippen molar-refractivity contribution in [3.63, 3.8) is 0 Å². The number of ether oxygens (including phenoxy) is 2. The molecule has 23 heavy (non-hydrogen) atoms. The van der Waals surface area contributed by atoms with Gasteiger partial charge in [0.2, 0.25) is 0 Å². The lowest BCUT2D eigenvalue weighted by Crippen LogP contribution is -2.55.